The lowest BCUT2D eigenvalue weighted by Crippen LogP contribution is -2.30. The van der Waals surface area contributed by atoms with E-state index >= 15 is 0 Å². The first-order valence-corrected chi connectivity index (χ1v) is 9.06. The van der Waals surface area contributed by atoms with Crippen LogP contribution in [-0.2, 0) is 11.3 Å². The third kappa shape index (κ3) is 4.78. The molecule has 1 amide bonds. The Hall–Kier alpha value is -3.04. The van der Waals surface area contributed by atoms with Crippen LogP contribution in [0.1, 0.15) is 11.3 Å². The van der Waals surface area contributed by atoms with Crippen LogP contribution in [-0.4, -0.2) is 24.5 Å². The van der Waals surface area contributed by atoms with Crippen LogP contribution in [0, 0.1) is 11.3 Å². The van der Waals surface area contributed by atoms with Crippen molar-refractivity contribution in [1.29, 1.82) is 5.26 Å². The highest BCUT2D eigenvalue weighted by Gasteiger charge is 2.14. The molecule has 0 aliphatic heterocycles. The third-order valence-electron chi connectivity index (χ3n) is 3.97. The van der Waals surface area contributed by atoms with Crippen molar-refractivity contribution in [1.82, 2.24) is 4.90 Å². The summed E-state index contributed by atoms with van der Waals surface area (Å²) in [4.78, 5) is 13.8. The highest BCUT2D eigenvalue weighted by molar-refractivity contribution is 9.10. The molecule has 0 atom stereocenters. The number of carbonyl (C=O) groups is 1. The van der Waals surface area contributed by atoms with Crippen LogP contribution in [0.4, 0.5) is 0 Å². The van der Waals surface area contributed by atoms with E-state index in [0.717, 1.165) is 15.8 Å². The van der Waals surface area contributed by atoms with E-state index in [1.165, 1.54) is 4.90 Å². The summed E-state index contributed by atoms with van der Waals surface area (Å²) in [5.41, 5.74) is 1.37. The second kappa shape index (κ2) is 8.56. The van der Waals surface area contributed by atoms with Gasteiger partial charge in [0.1, 0.15) is 23.3 Å². The van der Waals surface area contributed by atoms with Crippen LogP contribution in [0.3, 0.4) is 0 Å². The molecule has 1 heterocycles. The maximum absolute atomic E-state index is 12.3. The van der Waals surface area contributed by atoms with Crippen LogP contribution >= 0.6 is 15.9 Å². The number of ether oxygens (including phenoxy) is 1. The molecule has 1 aromatic heterocycles. The summed E-state index contributed by atoms with van der Waals surface area (Å²) in [6, 6.07) is 20.4. The number of para-hydroxylation sites is 1. The molecule has 0 aliphatic carbocycles. The van der Waals surface area contributed by atoms with Crippen molar-refractivity contribution in [3.8, 4) is 23.1 Å². The Morgan fingerprint density at radius 1 is 1.15 bits per heavy atom. The van der Waals surface area contributed by atoms with E-state index < -0.39 is 0 Å². The van der Waals surface area contributed by atoms with E-state index in [2.05, 4.69) is 15.9 Å². The summed E-state index contributed by atoms with van der Waals surface area (Å²) < 4.78 is 12.3. The van der Waals surface area contributed by atoms with Crippen LogP contribution in [0.2, 0.25) is 0 Å². The molecule has 136 valence electrons. The molecule has 2 aromatic carbocycles. The SMILES string of the molecule is CN(Cc1ccc(-c2ccc(Br)cc2)o1)C(=O)COc1ccccc1C#N. The second-order valence-electron chi connectivity index (χ2n) is 5.92. The number of nitriles is 1. The number of halogens is 1. The summed E-state index contributed by atoms with van der Waals surface area (Å²) in [6.45, 7) is 0.189. The Morgan fingerprint density at radius 2 is 1.89 bits per heavy atom. The molecular formula is C21H17BrN2O3. The smallest absolute Gasteiger partial charge is 0.260 e. The zero-order chi connectivity index (χ0) is 19.2. The van der Waals surface area contributed by atoms with Crippen LogP contribution in [0.25, 0.3) is 11.3 Å². The Kier molecular flexibility index (Phi) is 5.94. The second-order valence-corrected chi connectivity index (χ2v) is 6.83. The summed E-state index contributed by atoms with van der Waals surface area (Å²) >= 11 is 3.41. The number of carbonyl (C=O) groups excluding carboxylic acids is 1. The first kappa shape index (κ1) is 18.7. The van der Waals surface area contributed by atoms with Crippen molar-refractivity contribution < 1.29 is 13.9 Å². The normalized spacial score (nSPS) is 10.3. The first-order valence-electron chi connectivity index (χ1n) is 8.27. The highest BCUT2D eigenvalue weighted by Crippen LogP contribution is 2.24. The maximum atomic E-state index is 12.3. The number of rotatable bonds is 6. The number of benzene rings is 2. The van der Waals surface area contributed by atoms with Crippen LogP contribution < -0.4 is 4.74 Å². The van der Waals surface area contributed by atoms with Crippen molar-refractivity contribution in [3.63, 3.8) is 0 Å². The van der Waals surface area contributed by atoms with E-state index in [-0.39, 0.29) is 12.5 Å². The third-order valence-corrected chi connectivity index (χ3v) is 4.50. The van der Waals surface area contributed by atoms with Gasteiger partial charge in [0.25, 0.3) is 5.91 Å². The number of nitrogens with zero attached hydrogens (tertiary/aromatic N) is 2. The molecule has 0 fully saturated rings. The van der Waals surface area contributed by atoms with E-state index in [0.29, 0.717) is 23.6 Å². The first-order chi connectivity index (χ1) is 13.1. The van der Waals surface area contributed by atoms with Gasteiger partial charge in [-0.25, -0.2) is 0 Å². The van der Waals surface area contributed by atoms with Crippen molar-refractivity contribution in [3.05, 3.63) is 76.5 Å². The number of hydrogen-bond acceptors (Lipinski definition) is 4. The van der Waals surface area contributed by atoms with Gasteiger partial charge in [0.2, 0.25) is 0 Å². The fraction of sp³-hybridized carbons (Fsp3) is 0.143. The van der Waals surface area contributed by atoms with Gasteiger partial charge >= 0.3 is 0 Å². The van der Waals surface area contributed by atoms with E-state index in [1.807, 2.05) is 42.5 Å². The fourth-order valence-electron chi connectivity index (χ4n) is 2.49. The van der Waals surface area contributed by atoms with Crippen molar-refractivity contribution >= 4 is 21.8 Å². The molecule has 0 saturated heterocycles. The molecule has 27 heavy (non-hydrogen) atoms. The average Bonchev–Trinajstić information content (AvgIpc) is 3.15. The fourth-order valence-corrected chi connectivity index (χ4v) is 2.75. The van der Waals surface area contributed by atoms with Gasteiger partial charge in [-0.1, -0.05) is 40.2 Å². The predicted molar refractivity (Wildman–Crippen MR) is 105 cm³/mol. The highest BCUT2D eigenvalue weighted by atomic mass is 79.9. The van der Waals surface area contributed by atoms with Gasteiger partial charge in [0, 0.05) is 17.1 Å². The number of likely N-dealkylation sites (N-methyl/N-ethyl adjacent to an activating group) is 1. The minimum atomic E-state index is -0.204. The molecule has 0 saturated carbocycles. The zero-order valence-corrected chi connectivity index (χ0v) is 16.3. The van der Waals surface area contributed by atoms with E-state index in [1.54, 1.807) is 31.3 Å². The summed E-state index contributed by atoms with van der Waals surface area (Å²) in [7, 11) is 1.68. The standard InChI is InChI=1S/C21H17BrN2O3/c1-24(21(25)14-26-19-5-3-2-4-16(19)12-23)13-18-10-11-20(27-18)15-6-8-17(22)9-7-15/h2-11H,13-14H2,1H3. The van der Waals surface area contributed by atoms with Gasteiger partial charge in [-0.15, -0.1) is 0 Å². The zero-order valence-electron chi connectivity index (χ0n) is 14.7. The molecule has 0 radical (unpaired) electrons. The maximum Gasteiger partial charge on any atom is 0.260 e. The van der Waals surface area contributed by atoms with Crippen LogP contribution in [0.15, 0.2) is 69.6 Å². The molecule has 6 heteroatoms. The molecule has 0 unspecified atom stereocenters. The lowest BCUT2D eigenvalue weighted by atomic mass is 10.2. The lowest BCUT2D eigenvalue weighted by molar-refractivity contribution is -0.132. The van der Waals surface area contributed by atoms with Crippen molar-refractivity contribution in [2.75, 3.05) is 13.7 Å². The average molecular weight is 425 g/mol. The van der Waals surface area contributed by atoms with Gasteiger partial charge in [-0.2, -0.15) is 5.26 Å². The van der Waals surface area contributed by atoms with Gasteiger partial charge in [0.05, 0.1) is 12.1 Å². The molecule has 3 rings (SSSR count). The summed E-state index contributed by atoms with van der Waals surface area (Å²) in [6.07, 6.45) is 0. The monoisotopic (exact) mass is 424 g/mol. The quantitative estimate of drug-likeness (QED) is 0.578. The molecule has 0 spiro atoms. The van der Waals surface area contributed by atoms with Crippen molar-refractivity contribution in [2.45, 2.75) is 6.54 Å². The topological polar surface area (TPSA) is 66.5 Å². The number of amides is 1. The predicted octanol–water partition coefficient (Wildman–Crippen LogP) is 4.62. The minimum absolute atomic E-state index is 0.143. The van der Waals surface area contributed by atoms with Gasteiger partial charge < -0.3 is 14.1 Å². The minimum Gasteiger partial charge on any atom is -0.482 e. The van der Waals surface area contributed by atoms with Gasteiger partial charge in [0.15, 0.2) is 6.61 Å². The molecule has 0 bridgehead atoms. The summed E-state index contributed by atoms with van der Waals surface area (Å²) in [5, 5.41) is 9.06. The molecule has 0 N–H and O–H groups in total. The van der Waals surface area contributed by atoms with E-state index in [4.69, 9.17) is 14.4 Å². The van der Waals surface area contributed by atoms with Gasteiger partial charge in [-0.05, 0) is 36.4 Å². The number of hydrogen-bond donors (Lipinski definition) is 0. The summed E-state index contributed by atoms with van der Waals surface area (Å²) in [5.74, 6) is 1.63. The molecule has 0 aliphatic rings. The van der Waals surface area contributed by atoms with Crippen molar-refractivity contribution in [2.24, 2.45) is 0 Å². The van der Waals surface area contributed by atoms with Gasteiger partial charge in [-0.3, -0.25) is 4.79 Å². The lowest BCUT2D eigenvalue weighted by Gasteiger charge is -2.16. The molecule has 5 nitrogen and oxygen atoms in total. The Balaban J connectivity index is 1.58. The Labute approximate surface area is 165 Å². The Bertz CT molecular complexity index is 974. The Morgan fingerprint density at radius 3 is 2.63 bits per heavy atom. The molecule has 3 aromatic rings. The largest absolute Gasteiger partial charge is 0.482 e. The molecular weight excluding hydrogens is 408 g/mol. The van der Waals surface area contributed by atoms with E-state index in [9.17, 15) is 4.79 Å². The number of furan rings is 1. The van der Waals surface area contributed by atoms with Crippen LogP contribution in [0.5, 0.6) is 5.75 Å².